The predicted octanol–water partition coefficient (Wildman–Crippen LogP) is 0.148. The molecule has 0 aromatic heterocycles. The summed E-state index contributed by atoms with van der Waals surface area (Å²) < 4.78 is 11.5. The van der Waals surface area contributed by atoms with E-state index in [4.69, 9.17) is 9.79 Å². The molecule has 0 aliphatic carbocycles. The van der Waals surface area contributed by atoms with Gasteiger partial charge in [-0.05, 0) is 17.7 Å². The number of hydrogen-bond donors (Lipinski definition) is 7. The lowest BCUT2D eigenvalue weighted by atomic mass is 10.1. The van der Waals surface area contributed by atoms with E-state index in [0.717, 1.165) is 4.47 Å². The maximum atomic E-state index is 10.8. The average molecular weight is 368 g/mol. The van der Waals surface area contributed by atoms with Crippen molar-refractivity contribution >= 4 is 34.9 Å². The molecule has 0 saturated heterocycles. The summed E-state index contributed by atoms with van der Waals surface area (Å²) in [6.07, 6.45) is -2.73. The standard InChI is InChI=1S/C10H15BrN3O5P/c11-6-1-5(3-12-4-20(17,18)19)8-7(2-6)13-9(15)10(16)14-8/h1-2,9-10,12-16H,3-4H2,(H2,17,18,19). The third-order valence-electron chi connectivity index (χ3n) is 2.71. The molecule has 112 valence electrons. The minimum absolute atomic E-state index is 0.199. The number of anilines is 2. The molecular weight excluding hydrogens is 353 g/mol. The Kier molecular flexibility index (Phi) is 4.70. The van der Waals surface area contributed by atoms with E-state index in [0.29, 0.717) is 16.9 Å². The Labute approximate surface area is 123 Å². The monoisotopic (exact) mass is 367 g/mol. The molecule has 0 saturated carbocycles. The maximum Gasteiger partial charge on any atom is 0.339 e. The summed E-state index contributed by atoms with van der Waals surface area (Å²) in [5.41, 5.74) is 1.86. The number of fused-ring (bicyclic) bond motifs is 1. The van der Waals surface area contributed by atoms with Gasteiger partial charge in [-0.25, -0.2) is 0 Å². The molecule has 1 aliphatic heterocycles. The topological polar surface area (TPSA) is 134 Å². The largest absolute Gasteiger partial charge is 0.369 e. The Bertz CT molecular complexity index is 552. The van der Waals surface area contributed by atoms with Gasteiger partial charge in [-0.3, -0.25) is 4.57 Å². The van der Waals surface area contributed by atoms with Crippen molar-refractivity contribution in [2.24, 2.45) is 0 Å². The smallest absolute Gasteiger partial charge is 0.339 e. The van der Waals surface area contributed by atoms with Crippen LogP contribution in [0.3, 0.4) is 0 Å². The Hall–Kier alpha value is -0.670. The second-order valence-electron chi connectivity index (χ2n) is 4.42. The molecule has 2 unspecified atom stereocenters. The molecule has 0 spiro atoms. The second kappa shape index (κ2) is 5.98. The number of rotatable bonds is 4. The van der Waals surface area contributed by atoms with Crippen LogP contribution in [0, 0.1) is 0 Å². The molecule has 0 radical (unpaired) electrons. The van der Waals surface area contributed by atoms with Gasteiger partial charge >= 0.3 is 7.60 Å². The minimum atomic E-state index is -4.11. The van der Waals surface area contributed by atoms with Gasteiger partial charge in [0.25, 0.3) is 0 Å². The van der Waals surface area contributed by atoms with E-state index in [1.54, 1.807) is 12.1 Å². The fourth-order valence-electron chi connectivity index (χ4n) is 1.89. The SMILES string of the molecule is O=P(O)(O)CNCc1cc(Br)cc2c1NC(O)C(O)N2. The van der Waals surface area contributed by atoms with Crippen molar-refractivity contribution in [2.75, 3.05) is 16.9 Å². The third-order valence-corrected chi connectivity index (χ3v) is 3.81. The quantitative estimate of drug-likeness (QED) is 0.374. The number of hydrogen-bond acceptors (Lipinski definition) is 6. The fraction of sp³-hybridized carbons (Fsp3) is 0.400. The zero-order chi connectivity index (χ0) is 14.9. The zero-order valence-corrected chi connectivity index (χ0v) is 12.7. The van der Waals surface area contributed by atoms with E-state index in [-0.39, 0.29) is 6.54 Å². The molecule has 0 fully saturated rings. The van der Waals surface area contributed by atoms with Gasteiger partial charge in [0.15, 0.2) is 12.5 Å². The summed E-state index contributed by atoms with van der Waals surface area (Å²) in [4.78, 5) is 17.6. The van der Waals surface area contributed by atoms with Crippen molar-refractivity contribution in [3.63, 3.8) is 0 Å². The number of aliphatic hydroxyl groups is 2. The van der Waals surface area contributed by atoms with E-state index in [2.05, 4.69) is 31.9 Å². The summed E-state index contributed by atoms with van der Waals surface area (Å²) >= 11 is 3.31. The van der Waals surface area contributed by atoms with Gasteiger partial charge in [-0.15, -0.1) is 0 Å². The molecule has 10 heteroatoms. The van der Waals surface area contributed by atoms with Crippen LogP contribution in [-0.2, 0) is 11.1 Å². The van der Waals surface area contributed by atoms with E-state index in [9.17, 15) is 14.8 Å². The van der Waals surface area contributed by atoms with Crippen molar-refractivity contribution in [3.8, 4) is 0 Å². The van der Waals surface area contributed by atoms with E-state index in [1.807, 2.05) is 0 Å². The molecule has 20 heavy (non-hydrogen) atoms. The van der Waals surface area contributed by atoms with Crippen LogP contribution < -0.4 is 16.0 Å². The first kappa shape index (κ1) is 15.7. The molecule has 2 rings (SSSR count). The highest BCUT2D eigenvalue weighted by Crippen LogP contribution is 2.36. The number of benzene rings is 1. The van der Waals surface area contributed by atoms with Crippen molar-refractivity contribution < 1.29 is 24.6 Å². The Morgan fingerprint density at radius 3 is 2.55 bits per heavy atom. The molecule has 0 amide bonds. The highest BCUT2D eigenvalue weighted by Gasteiger charge is 2.25. The summed E-state index contributed by atoms with van der Waals surface area (Å²) in [7, 11) is -4.11. The van der Waals surface area contributed by atoms with Crippen molar-refractivity contribution in [1.82, 2.24) is 5.32 Å². The third kappa shape index (κ3) is 3.92. The minimum Gasteiger partial charge on any atom is -0.369 e. The molecule has 7 N–H and O–H groups in total. The van der Waals surface area contributed by atoms with Gasteiger partial charge in [-0.2, -0.15) is 0 Å². The molecule has 0 bridgehead atoms. The molecule has 1 aliphatic rings. The zero-order valence-electron chi connectivity index (χ0n) is 10.2. The summed E-state index contributed by atoms with van der Waals surface area (Å²) in [5, 5.41) is 27.2. The van der Waals surface area contributed by atoms with Crippen LogP contribution >= 0.6 is 23.5 Å². The predicted molar refractivity (Wildman–Crippen MR) is 77.2 cm³/mol. The Morgan fingerprint density at radius 1 is 1.25 bits per heavy atom. The average Bonchev–Trinajstić information content (AvgIpc) is 2.30. The lowest BCUT2D eigenvalue weighted by Gasteiger charge is -2.31. The number of nitrogens with one attached hydrogen (secondary N) is 3. The number of halogens is 1. The van der Waals surface area contributed by atoms with Gasteiger partial charge in [0, 0.05) is 11.0 Å². The van der Waals surface area contributed by atoms with Crippen LogP contribution in [0.2, 0.25) is 0 Å². The van der Waals surface area contributed by atoms with Gasteiger partial charge in [0.2, 0.25) is 0 Å². The highest BCUT2D eigenvalue weighted by molar-refractivity contribution is 9.10. The normalized spacial score (nSPS) is 21.9. The molecule has 2 atom stereocenters. The molecular formula is C10H15BrN3O5P. The van der Waals surface area contributed by atoms with Crippen LogP contribution in [0.5, 0.6) is 0 Å². The van der Waals surface area contributed by atoms with E-state index < -0.39 is 26.3 Å². The van der Waals surface area contributed by atoms with Crippen LogP contribution in [0.4, 0.5) is 11.4 Å². The Morgan fingerprint density at radius 2 is 1.90 bits per heavy atom. The number of aliphatic hydroxyl groups excluding tert-OH is 2. The maximum absolute atomic E-state index is 10.8. The van der Waals surface area contributed by atoms with Crippen molar-refractivity contribution in [3.05, 3.63) is 22.2 Å². The van der Waals surface area contributed by atoms with E-state index in [1.165, 1.54) is 0 Å². The lowest BCUT2D eigenvalue weighted by Crippen LogP contribution is -2.43. The molecule has 1 aromatic carbocycles. The second-order valence-corrected chi connectivity index (χ2v) is 6.98. The summed E-state index contributed by atoms with van der Waals surface area (Å²) in [6.45, 7) is 0.199. The molecule has 1 aromatic rings. The summed E-state index contributed by atoms with van der Waals surface area (Å²) in [5.74, 6) is 0. The first-order chi connectivity index (χ1) is 9.26. The van der Waals surface area contributed by atoms with Gasteiger partial charge in [0.05, 0.1) is 17.7 Å². The Balaban J connectivity index is 2.19. The highest BCUT2D eigenvalue weighted by atomic mass is 79.9. The van der Waals surface area contributed by atoms with Crippen molar-refractivity contribution in [1.29, 1.82) is 0 Å². The van der Waals surface area contributed by atoms with Crippen LogP contribution in [0.1, 0.15) is 5.56 Å². The molecule has 8 nitrogen and oxygen atoms in total. The van der Waals surface area contributed by atoms with Crippen LogP contribution in [0.25, 0.3) is 0 Å². The lowest BCUT2D eigenvalue weighted by molar-refractivity contribution is 0.0527. The van der Waals surface area contributed by atoms with Gasteiger partial charge < -0.3 is 36.0 Å². The van der Waals surface area contributed by atoms with Gasteiger partial charge in [0.1, 0.15) is 0 Å². The van der Waals surface area contributed by atoms with Crippen LogP contribution in [0.15, 0.2) is 16.6 Å². The van der Waals surface area contributed by atoms with Crippen LogP contribution in [-0.4, -0.2) is 38.7 Å². The summed E-state index contributed by atoms with van der Waals surface area (Å²) in [6, 6.07) is 3.48. The first-order valence-electron chi connectivity index (χ1n) is 5.73. The van der Waals surface area contributed by atoms with Gasteiger partial charge in [-0.1, -0.05) is 15.9 Å². The fourth-order valence-corrected chi connectivity index (χ4v) is 2.80. The van der Waals surface area contributed by atoms with Crippen molar-refractivity contribution in [2.45, 2.75) is 19.0 Å². The van der Waals surface area contributed by atoms with E-state index >= 15 is 0 Å². The molecule has 1 heterocycles. The first-order valence-corrected chi connectivity index (χ1v) is 8.32.